The summed E-state index contributed by atoms with van der Waals surface area (Å²) in [7, 11) is 7.46. The van der Waals surface area contributed by atoms with Gasteiger partial charge in [0.15, 0.2) is 5.96 Å². The van der Waals surface area contributed by atoms with Gasteiger partial charge in [-0.2, -0.15) is 0 Å². The minimum Gasteiger partial charge on any atom is -0.497 e. The predicted molar refractivity (Wildman–Crippen MR) is 112 cm³/mol. The molecule has 6 heteroatoms. The quantitative estimate of drug-likeness (QED) is 0.566. The Morgan fingerprint density at radius 2 is 1.93 bits per heavy atom. The highest BCUT2D eigenvalue weighted by molar-refractivity contribution is 5.79. The summed E-state index contributed by atoms with van der Waals surface area (Å²) in [5.41, 5.74) is 1.11. The molecule has 1 aromatic carbocycles. The average molecular weight is 377 g/mol. The van der Waals surface area contributed by atoms with Gasteiger partial charge in [0.2, 0.25) is 0 Å². The zero-order valence-electron chi connectivity index (χ0n) is 17.7. The lowest BCUT2D eigenvalue weighted by Gasteiger charge is -2.40. The lowest BCUT2D eigenvalue weighted by Crippen LogP contribution is -2.48. The molecule has 2 rings (SSSR count). The van der Waals surface area contributed by atoms with Gasteiger partial charge in [-0.25, -0.2) is 0 Å². The Hall–Kier alpha value is -1.79. The maximum absolute atomic E-state index is 5.47. The van der Waals surface area contributed by atoms with Crippen molar-refractivity contribution in [2.24, 2.45) is 10.9 Å². The summed E-state index contributed by atoms with van der Waals surface area (Å²) in [6.07, 6.45) is 2.42. The van der Waals surface area contributed by atoms with Gasteiger partial charge in [0.25, 0.3) is 0 Å². The van der Waals surface area contributed by atoms with Crippen molar-refractivity contribution in [3.05, 3.63) is 29.8 Å². The molecule has 2 unspecified atom stereocenters. The van der Waals surface area contributed by atoms with E-state index in [4.69, 9.17) is 9.47 Å². The zero-order chi connectivity index (χ0) is 19.9. The predicted octanol–water partition coefficient (Wildman–Crippen LogP) is 2.67. The molecule has 1 fully saturated rings. The number of nitrogens with zero attached hydrogens (tertiary/aromatic N) is 2. The summed E-state index contributed by atoms with van der Waals surface area (Å²) in [5, 5.41) is 6.88. The van der Waals surface area contributed by atoms with E-state index in [1.807, 2.05) is 7.05 Å². The van der Waals surface area contributed by atoms with Crippen molar-refractivity contribution in [3.63, 3.8) is 0 Å². The Morgan fingerprint density at radius 3 is 2.52 bits per heavy atom. The van der Waals surface area contributed by atoms with Gasteiger partial charge in [0.1, 0.15) is 5.75 Å². The van der Waals surface area contributed by atoms with Crippen molar-refractivity contribution in [3.8, 4) is 5.75 Å². The first-order valence-corrected chi connectivity index (χ1v) is 9.74. The fourth-order valence-electron chi connectivity index (χ4n) is 3.62. The smallest absolute Gasteiger partial charge is 0.191 e. The summed E-state index contributed by atoms with van der Waals surface area (Å²) in [5.74, 6) is 2.24. The molecule has 2 N–H and O–H groups in total. The Bertz CT molecular complexity index is 601. The van der Waals surface area contributed by atoms with E-state index in [1.165, 1.54) is 18.4 Å². The van der Waals surface area contributed by atoms with Gasteiger partial charge in [0, 0.05) is 33.3 Å². The van der Waals surface area contributed by atoms with Gasteiger partial charge in [0.05, 0.1) is 12.7 Å². The number of aliphatic imine (C=N–C) groups is 1. The Labute approximate surface area is 164 Å². The van der Waals surface area contributed by atoms with Gasteiger partial charge in [-0.05, 0) is 63.9 Å². The van der Waals surface area contributed by atoms with Crippen LogP contribution in [0.2, 0.25) is 0 Å². The van der Waals surface area contributed by atoms with Crippen molar-refractivity contribution < 1.29 is 9.47 Å². The fourth-order valence-corrected chi connectivity index (χ4v) is 3.62. The summed E-state index contributed by atoms with van der Waals surface area (Å²) in [6.45, 7) is 6.83. The molecule has 1 saturated heterocycles. The summed E-state index contributed by atoms with van der Waals surface area (Å²) < 4.78 is 10.8. The Balaban J connectivity index is 2.01. The summed E-state index contributed by atoms with van der Waals surface area (Å²) in [4.78, 5) is 6.82. The molecule has 0 spiro atoms. The van der Waals surface area contributed by atoms with E-state index < -0.39 is 0 Å². The molecule has 0 radical (unpaired) electrons. The third-order valence-electron chi connectivity index (χ3n) is 5.45. The monoisotopic (exact) mass is 376 g/mol. The largest absolute Gasteiger partial charge is 0.497 e. The molecule has 1 aromatic rings. The Kier molecular flexibility index (Phi) is 7.92. The standard InChI is InChI=1S/C21H36N4O2/c1-21(2,27-6)15-24-20(22-3)23-14-17-8-7-13-25(4)19(17)16-9-11-18(26-5)12-10-16/h9-12,17,19H,7-8,13-15H2,1-6H3,(H2,22,23,24). The van der Waals surface area contributed by atoms with Gasteiger partial charge >= 0.3 is 0 Å². The second kappa shape index (κ2) is 9.95. The first-order chi connectivity index (χ1) is 12.9. The van der Waals surface area contributed by atoms with Crippen LogP contribution in [0, 0.1) is 5.92 Å². The van der Waals surface area contributed by atoms with Crippen LogP contribution in [0.5, 0.6) is 5.75 Å². The third-order valence-corrected chi connectivity index (χ3v) is 5.45. The molecule has 27 heavy (non-hydrogen) atoms. The topological polar surface area (TPSA) is 58.1 Å². The molecular weight excluding hydrogens is 340 g/mol. The van der Waals surface area contributed by atoms with E-state index in [2.05, 4.69) is 65.7 Å². The van der Waals surface area contributed by atoms with Crippen LogP contribution in [-0.4, -0.2) is 64.4 Å². The van der Waals surface area contributed by atoms with Crippen molar-refractivity contribution in [2.75, 3.05) is 47.9 Å². The zero-order valence-corrected chi connectivity index (χ0v) is 17.7. The maximum Gasteiger partial charge on any atom is 0.191 e. The minimum absolute atomic E-state index is 0.228. The molecule has 0 bridgehead atoms. The molecule has 2 atom stereocenters. The molecule has 6 nitrogen and oxygen atoms in total. The van der Waals surface area contributed by atoms with Crippen LogP contribution < -0.4 is 15.4 Å². The molecule has 0 amide bonds. The number of likely N-dealkylation sites (tertiary alicyclic amines) is 1. The first-order valence-electron chi connectivity index (χ1n) is 9.74. The second-order valence-electron chi connectivity index (χ2n) is 7.87. The van der Waals surface area contributed by atoms with Gasteiger partial charge in [-0.3, -0.25) is 9.89 Å². The summed E-state index contributed by atoms with van der Waals surface area (Å²) in [6, 6.07) is 8.87. The summed E-state index contributed by atoms with van der Waals surface area (Å²) >= 11 is 0. The molecule has 0 saturated carbocycles. The lowest BCUT2D eigenvalue weighted by molar-refractivity contribution is 0.0268. The molecular formula is C21H36N4O2. The number of rotatable bonds is 7. The number of benzene rings is 1. The molecule has 0 aliphatic carbocycles. The number of hydrogen-bond acceptors (Lipinski definition) is 4. The molecule has 152 valence electrons. The number of piperidine rings is 1. The third kappa shape index (κ3) is 6.11. The van der Waals surface area contributed by atoms with E-state index in [-0.39, 0.29) is 5.60 Å². The first kappa shape index (κ1) is 21.5. The fraction of sp³-hybridized carbons (Fsp3) is 0.667. The van der Waals surface area contributed by atoms with Crippen molar-refractivity contribution >= 4 is 5.96 Å². The van der Waals surface area contributed by atoms with Crippen LogP contribution in [0.15, 0.2) is 29.3 Å². The lowest BCUT2D eigenvalue weighted by atomic mass is 9.85. The molecule has 1 aliphatic heterocycles. The van der Waals surface area contributed by atoms with Crippen LogP contribution in [0.4, 0.5) is 0 Å². The van der Waals surface area contributed by atoms with E-state index in [9.17, 15) is 0 Å². The van der Waals surface area contributed by atoms with Crippen LogP contribution in [-0.2, 0) is 4.74 Å². The highest BCUT2D eigenvalue weighted by Gasteiger charge is 2.30. The van der Waals surface area contributed by atoms with E-state index in [1.54, 1.807) is 14.2 Å². The van der Waals surface area contributed by atoms with E-state index in [0.29, 0.717) is 18.5 Å². The Morgan fingerprint density at radius 1 is 1.22 bits per heavy atom. The van der Waals surface area contributed by atoms with Gasteiger partial charge < -0.3 is 20.1 Å². The van der Waals surface area contributed by atoms with Crippen molar-refractivity contribution in [1.29, 1.82) is 0 Å². The number of ether oxygens (including phenoxy) is 2. The SMILES string of the molecule is CN=C(NCC1CCCN(C)C1c1ccc(OC)cc1)NCC(C)(C)OC. The van der Waals surface area contributed by atoms with Crippen LogP contribution >= 0.6 is 0 Å². The molecule has 1 aliphatic rings. The second-order valence-corrected chi connectivity index (χ2v) is 7.87. The van der Waals surface area contributed by atoms with Gasteiger partial charge in [-0.15, -0.1) is 0 Å². The maximum atomic E-state index is 5.47. The minimum atomic E-state index is -0.228. The van der Waals surface area contributed by atoms with Crippen LogP contribution in [0.25, 0.3) is 0 Å². The van der Waals surface area contributed by atoms with E-state index >= 15 is 0 Å². The van der Waals surface area contributed by atoms with Gasteiger partial charge in [-0.1, -0.05) is 12.1 Å². The number of methoxy groups -OCH3 is 2. The average Bonchev–Trinajstić information content (AvgIpc) is 2.68. The highest BCUT2D eigenvalue weighted by atomic mass is 16.5. The molecule has 0 aromatic heterocycles. The highest BCUT2D eigenvalue weighted by Crippen LogP contribution is 2.35. The van der Waals surface area contributed by atoms with Crippen LogP contribution in [0.3, 0.4) is 0 Å². The van der Waals surface area contributed by atoms with E-state index in [0.717, 1.165) is 24.8 Å². The van der Waals surface area contributed by atoms with Crippen molar-refractivity contribution in [2.45, 2.75) is 38.3 Å². The normalized spacial score (nSPS) is 21.8. The number of hydrogen-bond donors (Lipinski definition) is 2. The van der Waals surface area contributed by atoms with Crippen molar-refractivity contribution in [1.82, 2.24) is 15.5 Å². The molecule has 1 heterocycles. The number of nitrogens with one attached hydrogen (secondary N) is 2. The number of guanidine groups is 1. The van der Waals surface area contributed by atoms with Crippen LogP contribution in [0.1, 0.15) is 38.3 Å².